The molecule has 4 nitrogen and oxygen atoms in total. The SMILES string of the molecule is CN(C)C(Cc1c(F)c(F)cc(F)c1F)N=[N+]=[N-]. The molecule has 0 aliphatic rings. The highest BCUT2D eigenvalue weighted by atomic mass is 19.2. The summed E-state index contributed by atoms with van der Waals surface area (Å²) in [5, 5.41) is 3.29. The van der Waals surface area contributed by atoms with Crippen molar-refractivity contribution in [2.45, 2.75) is 12.6 Å². The van der Waals surface area contributed by atoms with Gasteiger partial charge in [0, 0.05) is 16.5 Å². The van der Waals surface area contributed by atoms with Crippen LogP contribution < -0.4 is 0 Å². The molecule has 0 saturated carbocycles. The lowest BCUT2D eigenvalue weighted by Gasteiger charge is -2.19. The lowest BCUT2D eigenvalue weighted by molar-refractivity contribution is 0.290. The van der Waals surface area contributed by atoms with Crippen molar-refractivity contribution in [3.8, 4) is 0 Å². The molecule has 0 bridgehead atoms. The number of hydrogen-bond donors (Lipinski definition) is 0. The molecular weight excluding hydrogens is 252 g/mol. The molecule has 0 amide bonds. The molecule has 0 heterocycles. The molecule has 1 aromatic rings. The standard InChI is InChI=1S/C10H10F4N4/c1-18(2)8(16-17-15)3-5-9(13)6(11)4-7(12)10(5)14/h4,8H,3H2,1-2H3. The van der Waals surface area contributed by atoms with Crippen molar-refractivity contribution >= 4 is 0 Å². The van der Waals surface area contributed by atoms with Crippen LogP contribution in [-0.4, -0.2) is 25.2 Å². The molecule has 1 atom stereocenters. The van der Waals surface area contributed by atoms with Crippen LogP contribution in [0.15, 0.2) is 11.2 Å². The number of azide groups is 1. The first-order chi connectivity index (χ1) is 8.38. The van der Waals surface area contributed by atoms with Gasteiger partial charge in [0.05, 0.1) is 6.17 Å². The van der Waals surface area contributed by atoms with Gasteiger partial charge in [-0.25, -0.2) is 17.6 Å². The molecule has 98 valence electrons. The van der Waals surface area contributed by atoms with Crippen LogP contribution in [0.3, 0.4) is 0 Å². The summed E-state index contributed by atoms with van der Waals surface area (Å²) in [7, 11) is 3.01. The third-order valence-electron chi connectivity index (χ3n) is 2.37. The molecule has 0 N–H and O–H groups in total. The molecule has 1 rings (SSSR count). The van der Waals surface area contributed by atoms with Gasteiger partial charge < -0.3 is 4.90 Å². The number of rotatable bonds is 4. The number of likely N-dealkylation sites (N-methyl/N-ethyl adjacent to an activating group) is 1. The van der Waals surface area contributed by atoms with Crippen LogP contribution >= 0.6 is 0 Å². The molecule has 0 fully saturated rings. The third kappa shape index (κ3) is 2.91. The van der Waals surface area contributed by atoms with Crippen LogP contribution in [-0.2, 0) is 6.42 Å². The second-order valence-corrected chi connectivity index (χ2v) is 3.80. The summed E-state index contributed by atoms with van der Waals surface area (Å²) in [4.78, 5) is 3.88. The Hall–Kier alpha value is -1.79. The van der Waals surface area contributed by atoms with Crippen LogP contribution in [0.2, 0.25) is 0 Å². The lowest BCUT2D eigenvalue weighted by atomic mass is 10.1. The zero-order chi connectivity index (χ0) is 13.9. The van der Waals surface area contributed by atoms with Crippen molar-refractivity contribution in [1.82, 2.24) is 4.90 Å². The van der Waals surface area contributed by atoms with E-state index >= 15 is 0 Å². The van der Waals surface area contributed by atoms with E-state index in [1.807, 2.05) is 0 Å². The average molecular weight is 262 g/mol. The molecule has 0 aliphatic heterocycles. The van der Waals surface area contributed by atoms with Gasteiger partial charge in [0.2, 0.25) is 0 Å². The van der Waals surface area contributed by atoms with Crippen molar-refractivity contribution < 1.29 is 17.6 Å². The van der Waals surface area contributed by atoms with E-state index in [4.69, 9.17) is 5.53 Å². The van der Waals surface area contributed by atoms with Crippen molar-refractivity contribution in [3.63, 3.8) is 0 Å². The quantitative estimate of drug-likeness (QED) is 0.270. The second kappa shape index (κ2) is 5.70. The molecule has 18 heavy (non-hydrogen) atoms. The Morgan fingerprint density at radius 3 is 2.11 bits per heavy atom. The molecule has 1 unspecified atom stereocenters. The van der Waals surface area contributed by atoms with Gasteiger partial charge in [-0.1, -0.05) is 5.11 Å². The average Bonchev–Trinajstić information content (AvgIpc) is 2.30. The Morgan fingerprint density at radius 1 is 1.22 bits per heavy atom. The molecule has 0 aromatic heterocycles. The number of nitrogens with zero attached hydrogens (tertiary/aromatic N) is 4. The fourth-order valence-electron chi connectivity index (χ4n) is 1.37. The highest BCUT2D eigenvalue weighted by Gasteiger charge is 2.22. The highest BCUT2D eigenvalue weighted by Crippen LogP contribution is 2.21. The van der Waals surface area contributed by atoms with E-state index in [2.05, 4.69) is 10.0 Å². The van der Waals surface area contributed by atoms with Gasteiger partial charge >= 0.3 is 0 Å². The Kier molecular flexibility index (Phi) is 4.52. The number of hydrogen-bond acceptors (Lipinski definition) is 2. The van der Waals surface area contributed by atoms with Gasteiger partial charge in [-0.05, 0) is 26.0 Å². The highest BCUT2D eigenvalue weighted by molar-refractivity contribution is 5.23. The first-order valence-electron chi connectivity index (χ1n) is 4.91. The minimum Gasteiger partial charge on any atom is -0.301 e. The Balaban J connectivity index is 3.21. The van der Waals surface area contributed by atoms with E-state index in [1.54, 1.807) is 0 Å². The fourth-order valence-corrected chi connectivity index (χ4v) is 1.37. The molecule has 8 heteroatoms. The fraction of sp³-hybridized carbons (Fsp3) is 0.400. The zero-order valence-corrected chi connectivity index (χ0v) is 9.66. The molecular formula is C10H10F4N4. The second-order valence-electron chi connectivity index (χ2n) is 3.80. The van der Waals surface area contributed by atoms with E-state index in [-0.39, 0.29) is 6.07 Å². The molecule has 0 radical (unpaired) electrons. The molecule has 0 aliphatic carbocycles. The minimum absolute atomic E-state index is 0.131. The number of halogens is 4. The summed E-state index contributed by atoms with van der Waals surface area (Å²) in [5.74, 6) is -5.92. The predicted octanol–water partition coefficient (Wildman–Crippen LogP) is 2.98. The van der Waals surface area contributed by atoms with E-state index in [1.165, 1.54) is 19.0 Å². The summed E-state index contributed by atoms with van der Waals surface area (Å²) in [6, 6.07) is 0.131. The van der Waals surface area contributed by atoms with Crippen LogP contribution in [0, 0.1) is 23.3 Å². The van der Waals surface area contributed by atoms with Crippen molar-refractivity contribution in [3.05, 3.63) is 45.3 Å². The Bertz CT molecular complexity index is 471. The summed E-state index contributed by atoms with van der Waals surface area (Å²) in [6.07, 6.45) is -1.41. The van der Waals surface area contributed by atoms with Crippen LogP contribution in [0.5, 0.6) is 0 Å². The predicted molar refractivity (Wildman–Crippen MR) is 56.6 cm³/mol. The van der Waals surface area contributed by atoms with E-state index in [0.717, 1.165) is 0 Å². The smallest absolute Gasteiger partial charge is 0.165 e. The first-order valence-corrected chi connectivity index (χ1v) is 4.91. The maximum atomic E-state index is 13.4. The molecule has 0 saturated heterocycles. The Morgan fingerprint density at radius 2 is 1.72 bits per heavy atom. The van der Waals surface area contributed by atoms with Gasteiger partial charge in [0.1, 0.15) is 0 Å². The lowest BCUT2D eigenvalue weighted by Crippen LogP contribution is -2.28. The summed E-state index contributed by atoms with van der Waals surface area (Å²) >= 11 is 0. The van der Waals surface area contributed by atoms with Gasteiger partial charge in [0.25, 0.3) is 0 Å². The zero-order valence-electron chi connectivity index (χ0n) is 9.66. The van der Waals surface area contributed by atoms with Crippen LogP contribution in [0.4, 0.5) is 17.6 Å². The van der Waals surface area contributed by atoms with Crippen LogP contribution in [0.1, 0.15) is 5.56 Å². The molecule has 0 spiro atoms. The summed E-state index contributed by atoms with van der Waals surface area (Å²) in [5.41, 5.74) is 7.53. The van der Waals surface area contributed by atoms with E-state index < -0.39 is 41.4 Å². The van der Waals surface area contributed by atoms with Crippen molar-refractivity contribution in [2.24, 2.45) is 5.11 Å². The summed E-state index contributed by atoms with van der Waals surface area (Å²) in [6.45, 7) is 0. The maximum absolute atomic E-state index is 13.4. The van der Waals surface area contributed by atoms with E-state index in [9.17, 15) is 17.6 Å². The van der Waals surface area contributed by atoms with Crippen molar-refractivity contribution in [1.29, 1.82) is 0 Å². The largest absolute Gasteiger partial charge is 0.301 e. The van der Waals surface area contributed by atoms with E-state index in [0.29, 0.717) is 0 Å². The van der Waals surface area contributed by atoms with Gasteiger partial charge in [0.15, 0.2) is 23.3 Å². The topological polar surface area (TPSA) is 52.0 Å². The van der Waals surface area contributed by atoms with Gasteiger partial charge in [-0.15, -0.1) is 0 Å². The molecule has 1 aromatic carbocycles. The van der Waals surface area contributed by atoms with Gasteiger partial charge in [-0.2, -0.15) is 0 Å². The normalized spacial score (nSPS) is 12.4. The van der Waals surface area contributed by atoms with Gasteiger partial charge in [-0.3, -0.25) is 0 Å². The summed E-state index contributed by atoms with van der Waals surface area (Å²) < 4.78 is 52.7. The minimum atomic E-state index is -1.48. The Labute approximate surface area is 100 Å². The maximum Gasteiger partial charge on any atom is 0.165 e. The van der Waals surface area contributed by atoms with Crippen LogP contribution in [0.25, 0.3) is 10.4 Å². The van der Waals surface area contributed by atoms with Crippen molar-refractivity contribution in [2.75, 3.05) is 14.1 Å². The number of benzene rings is 1. The monoisotopic (exact) mass is 262 g/mol. The first kappa shape index (κ1) is 14.3. The third-order valence-corrected chi connectivity index (χ3v) is 2.37.